The van der Waals surface area contributed by atoms with Gasteiger partial charge in [0.15, 0.2) is 6.10 Å². The lowest BCUT2D eigenvalue weighted by molar-refractivity contribution is -0.870. The molecule has 388 valence electrons. The van der Waals surface area contributed by atoms with Crippen molar-refractivity contribution in [2.45, 2.75) is 200 Å². The molecule has 0 rings (SSSR count). The van der Waals surface area contributed by atoms with E-state index in [0.29, 0.717) is 23.9 Å². The van der Waals surface area contributed by atoms with Crippen LogP contribution in [0, 0.1) is 0 Å². The number of carbonyl (C=O) groups is 2. The second-order valence-corrected chi connectivity index (χ2v) is 19.9. The molecule has 0 amide bonds. The molecule has 0 bridgehead atoms. The number of rotatable bonds is 47. The zero-order valence-corrected chi connectivity index (χ0v) is 44.7. The van der Waals surface area contributed by atoms with E-state index in [1.807, 2.05) is 21.1 Å². The number of phosphoric acid groups is 1. The summed E-state index contributed by atoms with van der Waals surface area (Å²) in [4.78, 5) is 37.7. The molecule has 2 unspecified atom stereocenters. The maximum absolute atomic E-state index is 12.7. The maximum atomic E-state index is 12.7. The molecule has 0 aromatic heterocycles. The molecule has 2 atom stereocenters. The van der Waals surface area contributed by atoms with Gasteiger partial charge in [0.1, 0.15) is 19.8 Å². The number of hydrogen-bond acceptors (Lipinski definition) is 8. The van der Waals surface area contributed by atoms with E-state index in [9.17, 15) is 19.0 Å². The summed E-state index contributed by atoms with van der Waals surface area (Å²) in [5, 5.41) is 0. The number of unbranched alkanes of at least 4 members (excludes halogenated alkanes) is 15. The third-order valence-corrected chi connectivity index (χ3v) is 11.7. The smallest absolute Gasteiger partial charge is 0.306 e. The van der Waals surface area contributed by atoms with Crippen molar-refractivity contribution in [3.63, 3.8) is 0 Å². The molecule has 0 aliphatic rings. The molecule has 0 aromatic rings. The number of hydrogen-bond donors (Lipinski definition) is 0. The van der Waals surface area contributed by atoms with E-state index in [0.717, 1.165) is 89.9 Å². The van der Waals surface area contributed by atoms with Crippen molar-refractivity contribution in [1.82, 2.24) is 0 Å². The minimum Gasteiger partial charge on any atom is -0.756 e. The van der Waals surface area contributed by atoms with Crippen molar-refractivity contribution >= 4 is 19.8 Å². The van der Waals surface area contributed by atoms with Crippen LogP contribution >= 0.6 is 7.82 Å². The largest absolute Gasteiger partial charge is 0.756 e. The molecule has 68 heavy (non-hydrogen) atoms. The molecule has 10 heteroatoms. The number of phosphoric ester groups is 1. The average Bonchev–Trinajstić information content (AvgIpc) is 3.30. The van der Waals surface area contributed by atoms with Gasteiger partial charge in [0.2, 0.25) is 0 Å². The molecule has 0 radical (unpaired) electrons. The Kier molecular flexibility index (Phi) is 46.3. The topological polar surface area (TPSA) is 111 Å². The molecule has 0 aliphatic heterocycles. The Bertz CT molecular complexity index is 1520. The van der Waals surface area contributed by atoms with Gasteiger partial charge in [0.05, 0.1) is 27.7 Å². The Morgan fingerprint density at radius 1 is 0.471 bits per heavy atom. The summed E-state index contributed by atoms with van der Waals surface area (Å²) in [5.41, 5.74) is 0. The van der Waals surface area contributed by atoms with Crippen LogP contribution in [-0.4, -0.2) is 70.0 Å². The van der Waals surface area contributed by atoms with Gasteiger partial charge in [-0.3, -0.25) is 14.2 Å². The Labute approximate surface area is 416 Å². The third-order valence-electron chi connectivity index (χ3n) is 10.8. The van der Waals surface area contributed by atoms with Crippen molar-refractivity contribution in [2.24, 2.45) is 0 Å². The molecular weight excluding hydrogens is 870 g/mol. The van der Waals surface area contributed by atoms with Crippen LogP contribution in [0.25, 0.3) is 0 Å². The molecule has 0 spiro atoms. The van der Waals surface area contributed by atoms with E-state index in [4.69, 9.17) is 18.5 Å². The number of allylic oxidation sites excluding steroid dienone is 18. The molecule has 0 N–H and O–H groups in total. The summed E-state index contributed by atoms with van der Waals surface area (Å²) in [6, 6.07) is 0. The minimum atomic E-state index is -4.65. The summed E-state index contributed by atoms with van der Waals surface area (Å²) in [5.74, 6) is -0.898. The number of nitrogens with zero attached hydrogens (tertiary/aromatic N) is 1. The van der Waals surface area contributed by atoms with Crippen molar-refractivity contribution in [3.05, 3.63) is 109 Å². The maximum Gasteiger partial charge on any atom is 0.306 e. The Morgan fingerprint density at radius 2 is 0.838 bits per heavy atom. The highest BCUT2D eigenvalue weighted by molar-refractivity contribution is 7.45. The van der Waals surface area contributed by atoms with Gasteiger partial charge in [-0.05, 0) is 103 Å². The first kappa shape index (κ1) is 64.7. The first-order valence-corrected chi connectivity index (χ1v) is 28.1. The van der Waals surface area contributed by atoms with Gasteiger partial charge in [0, 0.05) is 12.8 Å². The predicted molar refractivity (Wildman–Crippen MR) is 286 cm³/mol. The minimum absolute atomic E-state index is 0.0462. The lowest BCUT2D eigenvalue weighted by atomic mass is 10.1. The number of esters is 2. The number of quaternary nitrogens is 1. The molecule has 0 fully saturated rings. The van der Waals surface area contributed by atoms with E-state index >= 15 is 0 Å². The lowest BCUT2D eigenvalue weighted by Crippen LogP contribution is -2.37. The highest BCUT2D eigenvalue weighted by atomic mass is 31.2. The van der Waals surface area contributed by atoms with Crippen LogP contribution in [0.1, 0.15) is 194 Å². The van der Waals surface area contributed by atoms with Crippen LogP contribution in [0.2, 0.25) is 0 Å². The van der Waals surface area contributed by atoms with Gasteiger partial charge in [0.25, 0.3) is 7.82 Å². The van der Waals surface area contributed by atoms with Crippen LogP contribution in [0.3, 0.4) is 0 Å². The zero-order valence-electron chi connectivity index (χ0n) is 43.8. The van der Waals surface area contributed by atoms with Crippen LogP contribution in [0.5, 0.6) is 0 Å². The Hall–Kier alpha value is -3.33. The quantitative estimate of drug-likeness (QED) is 0.0195. The lowest BCUT2D eigenvalue weighted by Gasteiger charge is -2.28. The second kappa shape index (κ2) is 48.7. The van der Waals surface area contributed by atoms with Gasteiger partial charge in [-0.1, -0.05) is 187 Å². The Balaban J connectivity index is 4.37. The monoisotopic (exact) mass is 968 g/mol. The third kappa shape index (κ3) is 52.0. The predicted octanol–water partition coefficient (Wildman–Crippen LogP) is 15.6. The summed E-state index contributed by atoms with van der Waals surface area (Å²) in [7, 11) is 1.12. The second-order valence-electron chi connectivity index (χ2n) is 18.5. The van der Waals surface area contributed by atoms with Crippen LogP contribution in [0.4, 0.5) is 0 Å². The zero-order chi connectivity index (χ0) is 49.9. The fourth-order valence-electron chi connectivity index (χ4n) is 6.66. The van der Waals surface area contributed by atoms with E-state index in [2.05, 4.69) is 123 Å². The summed E-state index contributed by atoms with van der Waals surface area (Å²) < 4.78 is 34.0. The number of carbonyl (C=O) groups excluding carboxylic acids is 2. The van der Waals surface area contributed by atoms with Gasteiger partial charge >= 0.3 is 11.9 Å². The van der Waals surface area contributed by atoms with E-state index < -0.39 is 32.5 Å². The van der Waals surface area contributed by atoms with Gasteiger partial charge in [-0.2, -0.15) is 0 Å². The molecule has 9 nitrogen and oxygen atoms in total. The summed E-state index contributed by atoms with van der Waals surface area (Å²) in [6.45, 7) is 4.04. The summed E-state index contributed by atoms with van der Waals surface area (Å²) in [6.07, 6.45) is 67.0. The van der Waals surface area contributed by atoms with E-state index in [-0.39, 0.29) is 26.1 Å². The average molecular weight is 968 g/mol. The number of likely N-dealkylation sites (N-methyl/N-ethyl adjacent to an activating group) is 1. The highest BCUT2D eigenvalue weighted by Gasteiger charge is 2.21. The first-order valence-electron chi connectivity index (χ1n) is 26.6. The highest BCUT2D eigenvalue weighted by Crippen LogP contribution is 2.38. The van der Waals surface area contributed by atoms with Crippen LogP contribution in [0.15, 0.2) is 109 Å². The molecular formula is C58H98NO8P. The first-order chi connectivity index (χ1) is 33.0. The summed E-state index contributed by atoms with van der Waals surface area (Å²) >= 11 is 0. The van der Waals surface area contributed by atoms with Crippen LogP contribution < -0.4 is 4.89 Å². The van der Waals surface area contributed by atoms with Crippen molar-refractivity contribution in [2.75, 3.05) is 47.5 Å². The van der Waals surface area contributed by atoms with Crippen LogP contribution in [-0.2, 0) is 32.7 Å². The van der Waals surface area contributed by atoms with Crippen molar-refractivity contribution < 1.29 is 42.1 Å². The fourth-order valence-corrected chi connectivity index (χ4v) is 7.39. The number of ether oxygens (including phenoxy) is 2. The van der Waals surface area contributed by atoms with Gasteiger partial charge in [-0.15, -0.1) is 0 Å². The molecule has 0 heterocycles. The molecule has 0 saturated heterocycles. The SMILES string of the molecule is CC/C=C\C/C=C\C/C=C\C/C=C\C/C=C\C/C=C\C/C=C\C/C=C\CCCCC(=O)OC(COC(=O)CCCCCCCCC/C=C\CCCCCCCC)COP(=O)([O-])OCC[N+](C)(C)C. The fraction of sp³-hybridized carbons (Fsp3) is 0.655. The molecule has 0 saturated carbocycles. The van der Waals surface area contributed by atoms with E-state index in [1.54, 1.807) is 0 Å². The standard InChI is InChI=1S/C58H98NO8P/c1-6-8-10-12-14-16-18-20-22-24-25-26-27-28-29-30-31-32-33-35-37-39-41-43-45-47-49-51-58(61)67-56(55-66-68(62,63)65-53-52-59(3,4)5)54-64-57(60)50-48-46-44-42-40-38-36-34-23-21-19-17-15-13-11-9-7-2/h8,10,14,16,20-23,25-26,28-29,31-32,35,37,41,43,56H,6-7,9,11-13,15,17-19,24,27,30,33-34,36,38-40,42,44-55H2,1-5H3/b10-8-,16-14-,22-20-,23-21-,26-25-,29-28-,32-31-,37-35-,43-41-. The van der Waals surface area contributed by atoms with E-state index in [1.165, 1.54) is 64.2 Å². The molecule has 0 aliphatic carbocycles. The van der Waals surface area contributed by atoms with Crippen molar-refractivity contribution in [1.29, 1.82) is 0 Å². The molecule has 0 aromatic carbocycles. The van der Waals surface area contributed by atoms with Crippen molar-refractivity contribution in [3.8, 4) is 0 Å². The Morgan fingerprint density at radius 3 is 1.29 bits per heavy atom. The van der Waals surface area contributed by atoms with Gasteiger partial charge < -0.3 is 27.9 Å². The van der Waals surface area contributed by atoms with Gasteiger partial charge in [-0.25, -0.2) is 0 Å². The normalized spacial score (nSPS) is 14.3.